The molecule has 5 nitrogen and oxygen atoms in total. The first kappa shape index (κ1) is 11.2. The number of hydrogen-bond donors (Lipinski definition) is 2. The highest BCUT2D eigenvalue weighted by Gasteiger charge is 2.35. The molecule has 1 fully saturated rings. The summed E-state index contributed by atoms with van der Waals surface area (Å²) in [4.78, 5) is 4.42. The summed E-state index contributed by atoms with van der Waals surface area (Å²) >= 11 is 0. The van der Waals surface area contributed by atoms with Crippen molar-refractivity contribution in [1.82, 2.24) is 15.5 Å². The van der Waals surface area contributed by atoms with E-state index in [1.54, 1.807) is 18.2 Å². The summed E-state index contributed by atoms with van der Waals surface area (Å²) in [5.41, 5.74) is 0.536. The van der Waals surface area contributed by atoms with E-state index in [2.05, 4.69) is 22.4 Å². The molecule has 1 aromatic heterocycles. The molecule has 1 saturated heterocycles. The Bertz CT molecular complexity index is 559. The lowest BCUT2D eigenvalue weighted by Crippen LogP contribution is -2.33. The maximum absolute atomic E-state index is 9.44. The third-order valence-corrected chi connectivity index (χ3v) is 3.37. The molecule has 2 aromatic rings. The zero-order valence-corrected chi connectivity index (χ0v) is 10.2. The van der Waals surface area contributed by atoms with Crippen molar-refractivity contribution in [2.75, 3.05) is 6.54 Å². The van der Waals surface area contributed by atoms with E-state index in [0.29, 0.717) is 11.7 Å². The van der Waals surface area contributed by atoms with Gasteiger partial charge in [0, 0.05) is 5.56 Å². The molecule has 0 amide bonds. The summed E-state index contributed by atoms with van der Waals surface area (Å²) in [6.07, 6.45) is 2.11. The van der Waals surface area contributed by atoms with Crippen LogP contribution in [-0.4, -0.2) is 21.8 Å². The first-order valence-electron chi connectivity index (χ1n) is 6.06. The van der Waals surface area contributed by atoms with Gasteiger partial charge in [0.15, 0.2) is 0 Å². The fourth-order valence-electron chi connectivity index (χ4n) is 2.29. The predicted octanol–water partition coefficient (Wildman–Crippen LogP) is 2.04. The average molecular weight is 245 g/mol. The molecule has 0 spiro atoms. The molecular formula is C13H15N3O2. The van der Waals surface area contributed by atoms with Crippen molar-refractivity contribution >= 4 is 0 Å². The number of phenols is 1. The Hall–Kier alpha value is -1.88. The highest BCUT2D eigenvalue weighted by molar-refractivity contribution is 5.56. The van der Waals surface area contributed by atoms with Crippen LogP contribution in [0.5, 0.6) is 5.75 Å². The molecule has 0 aliphatic carbocycles. The third-order valence-electron chi connectivity index (χ3n) is 3.37. The van der Waals surface area contributed by atoms with Gasteiger partial charge in [-0.25, -0.2) is 0 Å². The van der Waals surface area contributed by atoms with E-state index < -0.39 is 0 Å². The molecule has 18 heavy (non-hydrogen) atoms. The molecule has 2 heterocycles. The van der Waals surface area contributed by atoms with Crippen molar-refractivity contribution in [1.29, 1.82) is 0 Å². The molecule has 94 valence electrons. The minimum absolute atomic E-state index is 0.198. The van der Waals surface area contributed by atoms with Gasteiger partial charge >= 0.3 is 0 Å². The van der Waals surface area contributed by atoms with E-state index in [1.807, 2.05) is 6.07 Å². The van der Waals surface area contributed by atoms with Crippen molar-refractivity contribution < 1.29 is 9.63 Å². The fraction of sp³-hybridized carbons (Fsp3) is 0.385. The van der Waals surface area contributed by atoms with Gasteiger partial charge in [-0.2, -0.15) is 4.98 Å². The van der Waals surface area contributed by atoms with Crippen molar-refractivity contribution in [2.45, 2.75) is 25.3 Å². The van der Waals surface area contributed by atoms with Crippen LogP contribution in [0.2, 0.25) is 0 Å². The van der Waals surface area contributed by atoms with Crippen LogP contribution in [0, 0.1) is 0 Å². The topological polar surface area (TPSA) is 71.2 Å². The van der Waals surface area contributed by atoms with Crippen LogP contribution in [0.3, 0.4) is 0 Å². The minimum atomic E-state index is -0.220. The molecule has 0 saturated carbocycles. The van der Waals surface area contributed by atoms with Crippen LogP contribution in [-0.2, 0) is 5.54 Å². The van der Waals surface area contributed by atoms with E-state index in [9.17, 15) is 5.11 Å². The Labute approximate surface area is 105 Å². The molecular weight excluding hydrogens is 230 g/mol. The quantitative estimate of drug-likeness (QED) is 0.847. The smallest absolute Gasteiger partial charge is 0.246 e. The lowest BCUT2D eigenvalue weighted by Gasteiger charge is -2.18. The first-order chi connectivity index (χ1) is 8.67. The molecule has 1 atom stereocenters. The van der Waals surface area contributed by atoms with Gasteiger partial charge in [-0.05, 0) is 38.4 Å². The largest absolute Gasteiger partial charge is 0.508 e. The number of aromatic nitrogens is 2. The lowest BCUT2D eigenvalue weighted by molar-refractivity contribution is 0.275. The zero-order valence-electron chi connectivity index (χ0n) is 10.2. The van der Waals surface area contributed by atoms with Crippen LogP contribution >= 0.6 is 0 Å². The van der Waals surface area contributed by atoms with Crippen LogP contribution in [0.4, 0.5) is 0 Å². The van der Waals surface area contributed by atoms with Crippen molar-refractivity contribution in [3.05, 3.63) is 30.2 Å². The van der Waals surface area contributed by atoms with E-state index in [4.69, 9.17) is 4.52 Å². The molecule has 5 heteroatoms. The number of phenolic OH excluding ortho intramolecular Hbond substituents is 1. The van der Waals surface area contributed by atoms with Gasteiger partial charge in [0.05, 0.1) is 5.54 Å². The number of benzene rings is 1. The second-order valence-electron chi connectivity index (χ2n) is 4.84. The van der Waals surface area contributed by atoms with E-state index in [1.165, 1.54) is 0 Å². The van der Waals surface area contributed by atoms with Gasteiger partial charge < -0.3 is 14.9 Å². The van der Waals surface area contributed by atoms with E-state index >= 15 is 0 Å². The monoisotopic (exact) mass is 245 g/mol. The molecule has 1 aromatic carbocycles. The Kier molecular flexibility index (Phi) is 2.56. The Balaban J connectivity index is 1.94. The summed E-state index contributed by atoms with van der Waals surface area (Å²) in [7, 11) is 0. The predicted molar refractivity (Wildman–Crippen MR) is 66.0 cm³/mol. The van der Waals surface area contributed by atoms with Gasteiger partial charge in [-0.15, -0.1) is 0 Å². The molecule has 0 radical (unpaired) electrons. The van der Waals surface area contributed by atoms with Crippen molar-refractivity contribution in [3.8, 4) is 17.1 Å². The van der Waals surface area contributed by atoms with Crippen LogP contribution in [0.25, 0.3) is 11.4 Å². The van der Waals surface area contributed by atoms with Gasteiger partial charge in [0.1, 0.15) is 5.75 Å². The number of aromatic hydroxyl groups is 1. The van der Waals surface area contributed by atoms with Crippen LogP contribution < -0.4 is 5.32 Å². The number of nitrogens with zero attached hydrogens (tertiary/aromatic N) is 2. The molecule has 1 aliphatic rings. The first-order valence-corrected chi connectivity index (χ1v) is 6.06. The van der Waals surface area contributed by atoms with Crippen LogP contribution in [0.15, 0.2) is 28.8 Å². The van der Waals surface area contributed by atoms with E-state index in [-0.39, 0.29) is 11.3 Å². The number of hydrogen-bond acceptors (Lipinski definition) is 5. The second kappa shape index (κ2) is 4.10. The highest BCUT2D eigenvalue weighted by atomic mass is 16.5. The van der Waals surface area contributed by atoms with Crippen LogP contribution in [0.1, 0.15) is 25.7 Å². The summed E-state index contributed by atoms with van der Waals surface area (Å²) in [5.74, 6) is 1.32. The maximum atomic E-state index is 9.44. The van der Waals surface area contributed by atoms with Gasteiger partial charge in [-0.1, -0.05) is 17.3 Å². The minimum Gasteiger partial charge on any atom is -0.508 e. The molecule has 0 bridgehead atoms. The highest BCUT2D eigenvalue weighted by Crippen LogP contribution is 2.30. The summed E-state index contributed by atoms with van der Waals surface area (Å²) in [5, 5.41) is 16.8. The average Bonchev–Trinajstić information content (AvgIpc) is 2.98. The zero-order chi connectivity index (χ0) is 12.6. The third kappa shape index (κ3) is 1.86. The van der Waals surface area contributed by atoms with E-state index in [0.717, 1.165) is 24.9 Å². The number of rotatable bonds is 2. The molecule has 1 unspecified atom stereocenters. The lowest BCUT2D eigenvalue weighted by atomic mass is 10.0. The standard InChI is InChI=1S/C13H15N3O2/c1-13(6-3-7-14-13)12-15-11(16-18-12)9-4-2-5-10(17)8-9/h2,4-5,8,14,17H,3,6-7H2,1H3. The molecule has 3 rings (SSSR count). The summed E-state index contributed by atoms with van der Waals surface area (Å²) in [6, 6.07) is 6.85. The fourth-order valence-corrected chi connectivity index (χ4v) is 2.29. The Morgan fingerprint density at radius 2 is 2.33 bits per heavy atom. The normalized spacial score (nSPS) is 23.4. The van der Waals surface area contributed by atoms with Crippen molar-refractivity contribution in [3.63, 3.8) is 0 Å². The Morgan fingerprint density at radius 1 is 1.44 bits per heavy atom. The summed E-state index contributed by atoms with van der Waals surface area (Å²) < 4.78 is 5.34. The van der Waals surface area contributed by atoms with Gasteiger partial charge in [0.2, 0.25) is 11.7 Å². The summed E-state index contributed by atoms with van der Waals surface area (Å²) in [6.45, 7) is 3.04. The SMILES string of the molecule is CC1(c2nc(-c3cccc(O)c3)no2)CCCN1. The Morgan fingerprint density at radius 3 is 3.06 bits per heavy atom. The molecule has 2 N–H and O–H groups in total. The number of nitrogens with one attached hydrogen (secondary N) is 1. The van der Waals surface area contributed by atoms with Gasteiger partial charge in [0.25, 0.3) is 0 Å². The van der Waals surface area contributed by atoms with Gasteiger partial charge in [-0.3, -0.25) is 0 Å². The van der Waals surface area contributed by atoms with Crippen molar-refractivity contribution in [2.24, 2.45) is 0 Å². The maximum Gasteiger partial charge on any atom is 0.246 e. The molecule has 1 aliphatic heterocycles. The second-order valence-corrected chi connectivity index (χ2v) is 4.84.